The SMILES string of the molecule is CC(=O)C1=NN(c2ccccc2)[C@H](c2ccc(OCc3ccc(Cl)cc3)cc2)N1c1ccc(Cl)cc1. The van der Waals surface area contributed by atoms with Gasteiger partial charge < -0.3 is 4.74 Å². The summed E-state index contributed by atoms with van der Waals surface area (Å²) in [6.07, 6.45) is -0.377. The Morgan fingerprint density at radius 1 is 0.806 bits per heavy atom. The fourth-order valence-electron chi connectivity index (χ4n) is 4.09. The van der Waals surface area contributed by atoms with Crippen molar-refractivity contribution in [3.63, 3.8) is 0 Å². The number of ether oxygens (including phenoxy) is 1. The standard InChI is InChI=1S/C29H23Cl2N3O2/c1-20(35)28-32-34(26-5-3-2-4-6-26)29(33(28)25-15-13-24(31)14-16-25)22-9-17-27(18-10-22)36-19-21-7-11-23(30)12-8-21/h2-18,29H,19H2,1H3/t29-/m1/s1. The van der Waals surface area contributed by atoms with Crippen LogP contribution in [0, 0.1) is 0 Å². The number of benzene rings is 4. The number of hydrogen-bond donors (Lipinski definition) is 0. The van der Waals surface area contributed by atoms with E-state index in [0.29, 0.717) is 22.5 Å². The average molecular weight is 516 g/mol. The Kier molecular flexibility index (Phi) is 6.94. The van der Waals surface area contributed by atoms with Gasteiger partial charge in [-0.1, -0.05) is 65.7 Å². The van der Waals surface area contributed by atoms with Crippen molar-refractivity contribution < 1.29 is 9.53 Å². The number of hydrogen-bond acceptors (Lipinski definition) is 5. The minimum absolute atomic E-state index is 0.128. The zero-order valence-corrected chi connectivity index (χ0v) is 21.0. The minimum atomic E-state index is -0.377. The van der Waals surface area contributed by atoms with Crippen LogP contribution in [0.2, 0.25) is 10.0 Å². The fourth-order valence-corrected chi connectivity index (χ4v) is 4.34. The molecule has 0 spiro atoms. The van der Waals surface area contributed by atoms with E-state index >= 15 is 0 Å². The molecular weight excluding hydrogens is 493 g/mol. The van der Waals surface area contributed by atoms with Crippen molar-refractivity contribution in [2.24, 2.45) is 5.10 Å². The normalized spacial score (nSPS) is 15.1. The van der Waals surface area contributed by atoms with E-state index in [1.807, 2.05) is 113 Å². The molecule has 1 atom stereocenters. The molecule has 0 N–H and O–H groups in total. The van der Waals surface area contributed by atoms with Gasteiger partial charge in [0.05, 0.1) is 5.69 Å². The molecule has 0 saturated heterocycles. The van der Waals surface area contributed by atoms with Gasteiger partial charge in [-0.25, -0.2) is 5.01 Å². The molecule has 0 saturated carbocycles. The second kappa shape index (κ2) is 10.4. The number of para-hydroxylation sites is 1. The lowest BCUT2D eigenvalue weighted by molar-refractivity contribution is -0.111. The van der Waals surface area contributed by atoms with E-state index in [4.69, 9.17) is 33.0 Å². The Bertz CT molecular complexity index is 1370. The number of Topliss-reactive ketones (excluding diaryl/α,β-unsaturated/α-hetero) is 1. The summed E-state index contributed by atoms with van der Waals surface area (Å²) < 4.78 is 5.98. The van der Waals surface area contributed by atoms with Gasteiger partial charge in [0.25, 0.3) is 0 Å². The lowest BCUT2D eigenvalue weighted by Crippen LogP contribution is -2.37. The number of rotatable bonds is 7. The Morgan fingerprint density at radius 3 is 2.03 bits per heavy atom. The van der Waals surface area contributed by atoms with Crippen molar-refractivity contribution in [3.05, 3.63) is 124 Å². The van der Waals surface area contributed by atoms with Gasteiger partial charge in [-0.05, 0) is 71.8 Å². The summed E-state index contributed by atoms with van der Waals surface area (Å²) in [6.45, 7) is 1.96. The second-order valence-corrected chi connectivity index (χ2v) is 9.24. The third-order valence-electron chi connectivity index (χ3n) is 5.84. The average Bonchev–Trinajstić information content (AvgIpc) is 3.31. The van der Waals surface area contributed by atoms with Crippen LogP contribution in [-0.4, -0.2) is 11.6 Å². The van der Waals surface area contributed by atoms with Gasteiger partial charge in [0.2, 0.25) is 0 Å². The lowest BCUT2D eigenvalue weighted by Gasteiger charge is -2.32. The van der Waals surface area contributed by atoms with Gasteiger partial charge in [0.1, 0.15) is 12.4 Å². The van der Waals surface area contributed by atoms with Crippen molar-refractivity contribution >= 4 is 46.2 Å². The number of halogens is 2. The number of amidine groups is 1. The van der Waals surface area contributed by atoms with Crippen LogP contribution in [0.3, 0.4) is 0 Å². The maximum atomic E-state index is 12.7. The third-order valence-corrected chi connectivity index (χ3v) is 6.35. The maximum absolute atomic E-state index is 12.7. The smallest absolute Gasteiger partial charge is 0.198 e. The summed E-state index contributed by atoms with van der Waals surface area (Å²) in [5, 5.41) is 7.94. The van der Waals surface area contributed by atoms with E-state index in [9.17, 15) is 4.79 Å². The topological polar surface area (TPSA) is 45.1 Å². The molecule has 4 aromatic rings. The summed E-state index contributed by atoms with van der Waals surface area (Å²) in [6, 6.07) is 32.7. The Labute approximate surface area is 220 Å². The number of hydrazone groups is 1. The van der Waals surface area contributed by atoms with Crippen LogP contribution >= 0.6 is 23.2 Å². The number of ketones is 1. The van der Waals surface area contributed by atoms with Crippen molar-refractivity contribution in [2.45, 2.75) is 19.7 Å². The summed E-state index contributed by atoms with van der Waals surface area (Å²) in [4.78, 5) is 14.6. The van der Waals surface area contributed by atoms with Gasteiger partial charge >= 0.3 is 0 Å². The molecule has 5 nitrogen and oxygen atoms in total. The predicted molar refractivity (Wildman–Crippen MR) is 146 cm³/mol. The highest BCUT2D eigenvalue weighted by Gasteiger charge is 2.39. The maximum Gasteiger partial charge on any atom is 0.198 e. The molecule has 1 aliphatic rings. The lowest BCUT2D eigenvalue weighted by atomic mass is 10.1. The second-order valence-electron chi connectivity index (χ2n) is 8.36. The van der Waals surface area contributed by atoms with Crippen LogP contribution in [0.25, 0.3) is 0 Å². The zero-order valence-electron chi connectivity index (χ0n) is 19.5. The van der Waals surface area contributed by atoms with Gasteiger partial charge in [0, 0.05) is 22.7 Å². The largest absolute Gasteiger partial charge is 0.489 e. The molecule has 1 aliphatic heterocycles. The molecular formula is C29H23Cl2N3O2. The molecule has 0 fully saturated rings. The number of carbonyl (C=O) groups is 1. The van der Waals surface area contributed by atoms with Crippen LogP contribution in [0.4, 0.5) is 11.4 Å². The zero-order chi connectivity index (χ0) is 25.1. The predicted octanol–water partition coefficient (Wildman–Crippen LogP) is 7.50. The number of anilines is 2. The molecule has 4 aromatic carbocycles. The highest BCUT2D eigenvalue weighted by molar-refractivity contribution is 6.44. The van der Waals surface area contributed by atoms with E-state index in [-0.39, 0.29) is 11.9 Å². The Hall–Kier alpha value is -3.80. The van der Waals surface area contributed by atoms with E-state index in [1.165, 1.54) is 6.92 Å². The third kappa shape index (κ3) is 5.08. The molecule has 0 bridgehead atoms. The van der Waals surface area contributed by atoms with Crippen LogP contribution in [0.15, 0.2) is 108 Å². The first kappa shape index (κ1) is 23.9. The van der Waals surface area contributed by atoms with Crippen LogP contribution < -0.4 is 14.6 Å². The number of carbonyl (C=O) groups excluding carboxylic acids is 1. The molecule has 1 heterocycles. The minimum Gasteiger partial charge on any atom is -0.489 e. The molecule has 180 valence electrons. The van der Waals surface area contributed by atoms with Gasteiger partial charge in [-0.3, -0.25) is 9.69 Å². The van der Waals surface area contributed by atoms with E-state index in [0.717, 1.165) is 28.3 Å². The van der Waals surface area contributed by atoms with Crippen LogP contribution in [0.5, 0.6) is 5.75 Å². The number of nitrogens with zero attached hydrogens (tertiary/aromatic N) is 3. The molecule has 0 amide bonds. The van der Waals surface area contributed by atoms with E-state index in [2.05, 4.69) is 0 Å². The van der Waals surface area contributed by atoms with Gasteiger partial charge in [0.15, 0.2) is 17.8 Å². The van der Waals surface area contributed by atoms with Crippen molar-refractivity contribution in [3.8, 4) is 5.75 Å². The van der Waals surface area contributed by atoms with Crippen LogP contribution in [-0.2, 0) is 11.4 Å². The van der Waals surface area contributed by atoms with E-state index in [1.54, 1.807) is 0 Å². The summed E-state index contributed by atoms with van der Waals surface area (Å²) >= 11 is 12.1. The van der Waals surface area contributed by atoms with Crippen molar-refractivity contribution in [1.29, 1.82) is 0 Å². The monoisotopic (exact) mass is 515 g/mol. The molecule has 0 aromatic heterocycles. The van der Waals surface area contributed by atoms with Gasteiger partial charge in [-0.2, -0.15) is 0 Å². The Balaban J connectivity index is 1.48. The van der Waals surface area contributed by atoms with Crippen LogP contribution in [0.1, 0.15) is 24.2 Å². The molecule has 5 rings (SSSR count). The first-order valence-electron chi connectivity index (χ1n) is 11.5. The first-order valence-corrected chi connectivity index (χ1v) is 12.2. The van der Waals surface area contributed by atoms with Crippen molar-refractivity contribution in [2.75, 3.05) is 9.91 Å². The molecule has 7 heteroatoms. The fraction of sp³-hybridized carbons (Fsp3) is 0.103. The first-order chi connectivity index (χ1) is 17.5. The van der Waals surface area contributed by atoms with E-state index < -0.39 is 0 Å². The van der Waals surface area contributed by atoms with Crippen molar-refractivity contribution in [1.82, 2.24) is 0 Å². The highest BCUT2D eigenvalue weighted by Crippen LogP contribution is 2.39. The molecule has 36 heavy (non-hydrogen) atoms. The molecule has 0 radical (unpaired) electrons. The molecule has 0 aliphatic carbocycles. The quantitative estimate of drug-likeness (QED) is 0.255. The molecule has 0 unspecified atom stereocenters. The highest BCUT2D eigenvalue weighted by atomic mass is 35.5. The summed E-state index contributed by atoms with van der Waals surface area (Å²) in [7, 11) is 0. The summed E-state index contributed by atoms with van der Waals surface area (Å²) in [5.41, 5.74) is 3.68. The van der Waals surface area contributed by atoms with Gasteiger partial charge in [-0.15, -0.1) is 5.10 Å². The summed E-state index contributed by atoms with van der Waals surface area (Å²) in [5.74, 6) is 0.967. The Morgan fingerprint density at radius 2 is 1.42 bits per heavy atom.